The second-order valence-electron chi connectivity index (χ2n) is 11.8. The second-order valence-corrected chi connectivity index (χ2v) is 12.9. The van der Waals surface area contributed by atoms with Crippen LogP contribution in [0, 0.1) is 0 Å². The molecule has 4 nitrogen and oxygen atoms in total. The van der Waals surface area contributed by atoms with E-state index in [4.69, 9.17) is 4.42 Å². The number of hydrogen-bond donors (Lipinski definition) is 2. The van der Waals surface area contributed by atoms with Crippen LogP contribution in [-0.2, 0) is 0 Å². The van der Waals surface area contributed by atoms with Crippen molar-refractivity contribution in [1.29, 1.82) is 0 Å². The highest BCUT2D eigenvalue weighted by molar-refractivity contribution is 7.26. The Balaban J connectivity index is 1.28. The normalized spacial score (nSPS) is 18.0. The molecule has 0 bridgehead atoms. The van der Waals surface area contributed by atoms with Crippen LogP contribution < -0.4 is 10.6 Å². The number of rotatable bonds is 1. The lowest BCUT2D eigenvalue weighted by Gasteiger charge is -2.33. The van der Waals surface area contributed by atoms with Crippen LogP contribution in [0.5, 0.6) is 0 Å². The molecule has 0 spiro atoms. The molecule has 5 aromatic carbocycles. The van der Waals surface area contributed by atoms with Crippen molar-refractivity contribution in [3.05, 3.63) is 115 Å². The quantitative estimate of drug-likeness (QED) is 0.207. The lowest BCUT2D eigenvalue weighted by molar-refractivity contribution is 0.670. The second kappa shape index (κ2) is 7.77. The highest BCUT2D eigenvalue weighted by atomic mass is 32.1. The van der Waals surface area contributed by atoms with E-state index in [1.807, 2.05) is 17.4 Å². The molecule has 0 saturated heterocycles. The summed E-state index contributed by atoms with van der Waals surface area (Å²) in [5.74, 6) is 1.14. The number of fused-ring (bicyclic) bond motifs is 14. The third kappa shape index (κ3) is 2.76. The minimum Gasteiger partial charge on any atom is -0.455 e. The third-order valence-corrected chi connectivity index (χ3v) is 10.7. The molecule has 202 valence electrons. The molecule has 0 saturated carbocycles. The van der Waals surface area contributed by atoms with Gasteiger partial charge in [0, 0.05) is 52.7 Å². The van der Waals surface area contributed by atoms with Gasteiger partial charge in [-0.3, -0.25) is 4.40 Å². The van der Waals surface area contributed by atoms with E-state index in [0.717, 1.165) is 33.3 Å². The number of nitrogens with zero attached hydrogens (tertiary/aromatic N) is 1. The summed E-state index contributed by atoms with van der Waals surface area (Å²) in [5.41, 5.74) is 7.84. The number of nitrogens with one attached hydrogen (secondary N) is 2. The lowest BCUT2D eigenvalue weighted by Crippen LogP contribution is -2.41. The fourth-order valence-electron chi connectivity index (χ4n) is 7.72. The maximum Gasteiger partial charge on any atom is 0.143 e. The van der Waals surface area contributed by atoms with Crippen molar-refractivity contribution in [2.45, 2.75) is 12.1 Å². The van der Waals surface area contributed by atoms with Crippen LogP contribution in [0.3, 0.4) is 0 Å². The predicted octanol–water partition coefficient (Wildman–Crippen LogP) is 10.3. The van der Waals surface area contributed by atoms with E-state index in [1.165, 1.54) is 58.6 Å². The van der Waals surface area contributed by atoms with Gasteiger partial charge in [0.05, 0.1) is 28.8 Å². The number of benzene rings is 5. The van der Waals surface area contributed by atoms with E-state index in [2.05, 4.69) is 124 Å². The SMILES string of the molecule is C1=CC2Nc3c(n4c5ccc(-c6cccc7c6oc6ccccc67)cc5c5c6c(cc3c54)sc3ccccc36)NC2C=C1. The zero-order valence-electron chi connectivity index (χ0n) is 22.9. The van der Waals surface area contributed by atoms with E-state index in [-0.39, 0.29) is 12.1 Å². The van der Waals surface area contributed by atoms with Gasteiger partial charge in [-0.1, -0.05) is 85.0 Å². The summed E-state index contributed by atoms with van der Waals surface area (Å²) in [6.45, 7) is 0. The minimum absolute atomic E-state index is 0.206. The fraction of sp³-hybridized carbons (Fsp3) is 0.0526. The summed E-state index contributed by atoms with van der Waals surface area (Å²) in [5, 5.41) is 16.6. The van der Waals surface area contributed by atoms with Crippen LogP contribution in [-0.4, -0.2) is 16.5 Å². The van der Waals surface area contributed by atoms with Gasteiger partial charge >= 0.3 is 0 Å². The maximum atomic E-state index is 6.47. The van der Waals surface area contributed by atoms with Gasteiger partial charge in [0.1, 0.15) is 17.0 Å². The van der Waals surface area contributed by atoms with Crippen LogP contribution in [0.15, 0.2) is 120 Å². The van der Waals surface area contributed by atoms with E-state index in [1.54, 1.807) is 0 Å². The summed E-state index contributed by atoms with van der Waals surface area (Å²) < 4.78 is 11.6. The Morgan fingerprint density at radius 1 is 0.651 bits per heavy atom. The molecular formula is C38H23N3OS. The van der Waals surface area contributed by atoms with Gasteiger partial charge in [0.25, 0.3) is 0 Å². The molecule has 9 aromatic rings. The molecule has 2 unspecified atom stereocenters. The number of anilines is 2. The number of allylic oxidation sites excluding steroid dienone is 2. The first-order chi connectivity index (χ1) is 21.3. The molecule has 0 amide bonds. The monoisotopic (exact) mass is 569 g/mol. The minimum atomic E-state index is 0.206. The average molecular weight is 570 g/mol. The summed E-state index contributed by atoms with van der Waals surface area (Å²) in [6.07, 6.45) is 8.79. The Kier molecular flexibility index (Phi) is 4.04. The molecule has 1 aliphatic heterocycles. The Morgan fingerprint density at radius 2 is 1.47 bits per heavy atom. The van der Waals surface area contributed by atoms with Gasteiger partial charge in [-0.2, -0.15) is 0 Å². The van der Waals surface area contributed by atoms with Crippen LogP contribution in [0.1, 0.15) is 0 Å². The lowest BCUT2D eigenvalue weighted by atomic mass is 9.97. The van der Waals surface area contributed by atoms with Crippen molar-refractivity contribution >= 4 is 92.1 Å². The predicted molar refractivity (Wildman–Crippen MR) is 182 cm³/mol. The molecule has 1 aliphatic carbocycles. The van der Waals surface area contributed by atoms with Crippen LogP contribution in [0.25, 0.3) is 80.4 Å². The first-order valence-corrected chi connectivity index (χ1v) is 15.6. The molecule has 43 heavy (non-hydrogen) atoms. The Hall–Kier alpha value is -5.26. The molecular weight excluding hydrogens is 547 g/mol. The van der Waals surface area contributed by atoms with Crippen LogP contribution >= 0.6 is 11.3 Å². The maximum absolute atomic E-state index is 6.47. The van der Waals surface area contributed by atoms with E-state index < -0.39 is 0 Å². The molecule has 2 aliphatic rings. The molecule has 5 heterocycles. The van der Waals surface area contributed by atoms with E-state index in [9.17, 15) is 0 Å². The molecule has 0 fully saturated rings. The Morgan fingerprint density at radius 3 is 2.40 bits per heavy atom. The molecule has 11 rings (SSSR count). The molecule has 2 atom stereocenters. The van der Waals surface area contributed by atoms with Gasteiger partial charge in [0.15, 0.2) is 0 Å². The Labute approximate surface area is 249 Å². The molecule has 0 radical (unpaired) electrons. The third-order valence-electron chi connectivity index (χ3n) is 9.56. The molecule has 4 aromatic heterocycles. The first kappa shape index (κ1) is 22.4. The van der Waals surface area contributed by atoms with E-state index in [0.29, 0.717) is 0 Å². The van der Waals surface area contributed by atoms with Gasteiger partial charge in [-0.05, 0) is 35.9 Å². The topological polar surface area (TPSA) is 41.6 Å². The number of aromatic nitrogens is 1. The molecule has 5 heteroatoms. The summed E-state index contributed by atoms with van der Waals surface area (Å²) in [4.78, 5) is 0. The number of para-hydroxylation sites is 2. The molecule has 2 N–H and O–H groups in total. The van der Waals surface area contributed by atoms with Crippen molar-refractivity contribution in [2.24, 2.45) is 0 Å². The fourth-order valence-corrected chi connectivity index (χ4v) is 8.87. The zero-order valence-corrected chi connectivity index (χ0v) is 23.7. The number of thiophene rings is 1. The van der Waals surface area contributed by atoms with Gasteiger partial charge in [0.2, 0.25) is 0 Å². The van der Waals surface area contributed by atoms with Crippen LogP contribution in [0.4, 0.5) is 11.5 Å². The van der Waals surface area contributed by atoms with Gasteiger partial charge in [-0.25, -0.2) is 0 Å². The van der Waals surface area contributed by atoms with Crippen molar-refractivity contribution in [2.75, 3.05) is 10.6 Å². The highest BCUT2D eigenvalue weighted by Gasteiger charge is 2.32. The van der Waals surface area contributed by atoms with Crippen molar-refractivity contribution < 1.29 is 4.42 Å². The van der Waals surface area contributed by atoms with Crippen molar-refractivity contribution in [1.82, 2.24) is 4.40 Å². The highest BCUT2D eigenvalue weighted by Crippen LogP contribution is 2.51. The first-order valence-electron chi connectivity index (χ1n) is 14.8. The summed E-state index contributed by atoms with van der Waals surface area (Å²) >= 11 is 1.89. The number of hydrogen-bond acceptors (Lipinski definition) is 4. The van der Waals surface area contributed by atoms with Crippen molar-refractivity contribution in [3.8, 4) is 11.1 Å². The average Bonchev–Trinajstić information content (AvgIpc) is 3.79. The summed E-state index contributed by atoms with van der Waals surface area (Å²) in [7, 11) is 0. The standard InChI is InChI=1S/C38H23N3OS/c1-5-14-30-22(8-1)23-11-7-10-21(37(23)42-30)20-16-17-29-25(18-20)34-33-24-9-2-6-15-31(24)43-32(33)19-26-35-38(41(29)36(26)34)40-28-13-4-3-12-27(28)39-35/h1-19,27-28,39-40H. The zero-order chi connectivity index (χ0) is 27.8. The van der Waals surface area contributed by atoms with E-state index >= 15 is 0 Å². The van der Waals surface area contributed by atoms with Crippen LogP contribution in [0.2, 0.25) is 0 Å². The van der Waals surface area contributed by atoms with Crippen molar-refractivity contribution in [3.63, 3.8) is 0 Å². The smallest absolute Gasteiger partial charge is 0.143 e. The van der Waals surface area contributed by atoms with Gasteiger partial charge < -0.3 is 15.1 Å². The van der Waals surface area contributed by atoms with Gasteiger partial charge in [-0.15, -0.1) is 11.3 Å². The Bertz CT molecular complexity index is 2700. The largest absolute Gasteiger partial charge is 0.455 e. The summed E-state index contributed by atoms with van der Waals surface area (Å²) in [6, 6.07) is 33.5. The number of furan rings is 1.